The molecule has 110 valence electrons. The fourth-order valence-corrected chi connectivity index (χ4v) is 2.92. The van der Waals surface area contributed by atoms with Crippen molar-refractivity contribution < 1.29 is 14.5 Å². The summed E-state index contributed by atoms with van der Waals surface area (Å²) in [6.07, 6.45) is 2.27. The van der Waals surface area contributed by atoms with Crippen molar-refractivity contribution in [3.8, 4) is 0 Å². The molecule has 1 saturated heterocycles. The molecule has 0 aromatic heterocycles. The van der Waals surface area contributed by atoms with Crippen molar-refractivity contribution in [2.45, 2.75) is 12.8 Å². The van der Waals surface area contributed by atoms with Gasteiger partial charge in [-0.05, 0) is 32.0 Å². The van der Waals surface area contributed by atoms with Crippen LogP contribution in [0.5, 0.6) is 0 Å². The summed E-state index contributed by atoms with van der Waals surface area (Å²) in [6.45, 7) is 2.86. The fraction of sp³-hybridized carbons (Fsp3) is 0.429. The number of amides is 2. The SMILES string of the molecule is O=C1c2cccc([N+](=O)[O-])c2C(=O)N1CCN1CCCC1. The molecule has 1 aromatic rings. The molecule has 2 heterocycles. The third-order valence-corrected chi connectivity index (χ3v) is 4.01. The molecule has 0 bridgehead atoms. The lowest BCUT2D eigenvalue weighted by molar-refractivity contribution is -0.385. The molecule has 0 saturated carbocycles. The average molecular weight is 289 g/mol. The normalized spacial score (nSPS) is 18.4. The van der Waals surface area contributed by atoms with Crippen LogP contribution in [0.1, 0.15) is 33.6 Å². The van der Waals surface area contributed by atoms with Crippen LogP contribution in [-0.2, 0) is 0 Å². The largest absolute Gasteiger partial charge is 0.302 e. The van der Waals surface area contributed by atoms with Crippen LogP contribution < -0.4 is 0 Å². The van der Waals surface area contributed by atoms with Crippen LogP contribution >= 0.6 is 0 Å². The van der Waals surface area contributed by atoms with E-state index in [1.165, 1.54) is 18.2 Å². The minimum atomic E-state index is -0.617. The summed E-state index contributed by atoms with van der Waals surface area (Å²) in [5.41, 5.74) is -0.237. The number of nitro groups is 1. The molecular formula is C14H15N3O4. The van der Waals surface area contributed by atoms with E-state index in [0.29, 0.717) is 6.54 Å². The van der Waals surface area contributed by atoms with Crippen molar-refractivity contribution in [2.75, 3.05) is 26.2 Å². The highest BCUT2D eigenvalue weighted by molar-refractivity contribution is 6.23. The van der Waals surface area contributed by atoms with Crippen molar-refractivity contribution >= 4 is 17.5 Å². The third kappa shape index (κ3) is 2.29. The predicted molar refractivity (Wildman–Crippen MR) is 74.1 cm³/mol. The van der Waals surface area contributed by atoms with E-state index < -0.39 is 16.7 Å². The zero-order valence-corrected chi connectivity index (χ0v) is 11.4. The van der Waals surface area contributed by atoms with Gasteiger partial charge < -0.3 is 4.90 Å². The third-order valence-electron chi connectivity index (χ3n) is 4.01. The van der Waals surface area contributed by atoms with Gasteiger partial charge >= 0.3 is 0 Å². The summed E-state index contributed by atoms with van der Waals surface area (Å²) in [7, 11) is 0. The molecule has 0 radical (unpaired) electrons. The van der Waals surface area contributed by atoms with E-state index in [1.54, 1.807) is 0 Å². The van der Waals surface area contributed by atoms with Crippen molar-refractivity contribution in [3.63, 3.8) is 0 Å². The lowest BCUT2D eigenvalue weighted by Crippen LogP contribution is -2.37. The van der Waals surface area contributed by atoms with Crippen LogP contribution in [0, 0.1) is 10.1 Å². The number of nitrogens with zero attached hydrogens (tertiary/aromatic N) is 3. The number of rotatable bonds is 4. The Labute approximate surface area is 121 Å². The number of hydrogen-bond donors (Lipinski definition) is 0. The van der Waals surface area contributed by atoms with E-state index in [1.807, 2.05) is 0 Å². The molecule has 7 nitrogen and oxygen atoms in total. The maximum absolute atomic E-state index is 12.3. The maximum atomic E-state index is 12.3. The Balaban J connectivity index is 1.83. The molecule has 21 heavy (non-hydrogen) atoms. The lowest BCUT2D eigenvalue weighted by atomic mass is 10.1. The van der Waals surface area contributed by atoms with Crippen LogP contribution in [0.25, 0.3) is 0 Å². The smallest absolute Gasteiger partial charge is 0.282 e. The van der Waals surface area contributed by atoms with Crippen LogP contribution in [0.4, 0.5) is 5.69 Å². The van der Waals surface area contributed by atoms with E-state index in [0.717, 1.165) is 30.8 Å². The molecule has 7 heteroatoms. The lowest BCUT2D eigenvalue weighted by Gasteiger charge is -2.19. The second kappa shape index (κ2) is 5.25. The molecular weight excluding hydrogens is 274 g/mol. The molecule has 0 atom stereocenters. The van der Waals surface area contributed by atoms with E-state index >= 15 is 0 Å². The molecule has 1 fully saturated rings. The first-order chi connectivity index (χ1) is 10.1. The van der Waals surface area contributed by atoms with Gasteiger partial charge in [-0.2, -0.15) is 0 Å². The average Bonchev–Trinajstić information content (AvgIpc) is 3.06. The Morgan fingerprint density at radius 2 is 1.81 bits per heavy atom. The molecule has 0 N–H and O–H groups in total. The van der Waals surface area contributed by atoms with Crippen LogP contribution in [0.3, 0.4) is 0 Å². The molecule has 3 rings (SSSR count). The predicted octanol–water partition coefficient (Wildman–Crippen LogP) is 1.29. The highest BCUT2D eigenvalue weighted by Crippen LogP contribution is 2.30. The van der Waals surface area contributed by atoms with Crippen molar-refractivity contribution in [2.24, 2.45) is 0 Å². The van der Waals surface area contributed by atoms with Crippen molar-refractivity contribution in [1.29, 1.82) is 0 Å². The fourth-order valence-electron chi connectivity index (χ4n) is 2.92. The number of hydrogen-bond acceptors (Lipinski definition) is 5. The number of carbonyl (C=O) groups is 2. The second-order valence-corrected chi connectivity index (χ2v) is 5.27. The first-order valence-electron chi connectivity index (χ1n) is 6.95. The number of likely N-dealkylation sites (tertiary alicyclic amines) is 1. The van der Waals surface area contributed by atoms with E-state index in [2.05, 4.69) is 4.90 Å². The first-order valence-corrected chi connectivity index (χ1v) is 6.95. The van der Waals surface area contributed by atoms with Gasteiger partial charge in [0.2, 0.25) is 0 Å². The molecule has 1 aromatic carbocycles. The number of imide groups is 1. The number of fused-ring (bicyclic) bond motifs is 1. The Kier molecular flexibility index (Phi) is 3.42. The minimum absolute atomic E-state index is 0.0751. The molecule has 2 amide bonds. The van der Waals surface area contributed by atoms with Crippen LogP contribution in [0.15, 0.2) is 18.2 Å². The highest BCUT2D eigenvalue weighted by Gasteiger charge is 2.40. The highest BCUT2D eigenvalue weighted by atomic mass is 16.6. The summed E-state index contributed by atoms with van der Waals surface area (Å²) in [4.78, 5) is 38.3. The summed E-state index contributed by atoms with van der Waals surface area (Å²) in [6, 6.07) is 4.17. The van der Waals surface area contributed by atoms with Gasteiger partial charge in [0.15, 0.2) is 0 Å². The van der Waals surface area contributed by atoms with E-state index in [9.17, 15) is 19.7 Å². The van der Waals surface area contributed by atoms with Crippen molar-refractivity contribution in [1.82, 2.24) is 9.80 Å². The molecule has 0 aliphatic carbocycles. The van der Waals surface area contributed by atoms with Gasteiger partial charge in [0, 0.05) is 19.2 Å². The number of nitro benzene ring substituents is 1. The quantitative estimate of drug-likeness (QED) is 0.474. The molecule has 2 aliphatic rings. The van der Waals surface area contributed by atoms with Crippen LogP contribution in [0.2, 0.25) is 0 Å². The Morgan fingerprint density at radius 3 is 2.48 bits per heavy atom. The molecule has 2 aliphatic heterocycles. The topological polar surface area (TPSA) is 83.8 Å². The van der Waals surface area contributed by atoms with E-state index in [4.69, 9.17) is 0 Å². The van der Waals surface area contributed by atoms with Gasteiger partial charge in [-0.3, -0.25) is 24.6 Å². The number of carbonyl (C=O) groups excluding carboxylic acids is 2. The summed E-state index contributed by atoms with van der Waals surface area (Å²) in [5.74, 6) is -0.987. The minimum Gasteiger partial charge on any atom is -0.302 e. The Bertz CT molecular complexity index is 623. The van der Waals surface area contributed by atoms with Gasteiger partial charge in [0.05, 0.1) is 10.5 Å². The zero-order chi connectivity index (χ0) is 15.0. The number of benzene rings is 1. The standard InChI is InChI=1S/C14H15N3O4/c18-13-10-4-3-5-11(17(20)21)12(10)14(19)16(13)9-8-15-6-1-2-7-15/h3-5H,1-2,6-9H2. The van der Waals surface area contributed by atoms with Gasteiger partial charge in [-0.25, -0.2) is 0 Å². The summed E-state index contributed by atoms with van der Waals surface area (Å²) >= 11 is 0. The molecule has 0 unspecified atom stereocenters. The molecule has 0 spiro atoms. The van der Waals surface area contributed by atoms with E-state index in [-0.39, 0.29) is 23.4 Å². The zero-order valence-electron chi connectivity index (χ0n) is 11.4. The van der Waals surface area contributed by atoms with Crippen LogP contribution in [-0.4, -0.2) is 52.7 Å². The van der Waals surface area contributed by atoms with Gasteiger partial charge in [0.25, 0.3) is 17.5 Å². The van der Waals surface area contributed by atoms with Gasteiger partial charge in [0.1, 0.15) is 5.56 Å². The Morgan fingerprint density at radius 1 is 1.10 bits per heavy atom. The Hall–Kier alpha value is -2.28. The second-order valence-electron chi connectivity index (χ2n) is 5.27. The van der Waals surface area contributed by atoms with Crippen molar-refractivity contribution in [3.05, 3.63) is 39.4 Å². The summed E-state index contributed by atoms with van der Waals surface area (Å²) < 4.78 is 0. The van der Waals surface area contributed by atoms with Gasteiger partial charge in [-0.15, -0.1) is 0 Å². The summed E-state index contributed by atoms with van der Waals surface area (Å²) in [5, 5.41) is 11.0. The van der Waals surface area contributed by atoms with Gasteiger partial charge in [-0.1, -0.05) is 6.07 Å². The monoisotopic (exact) mass is 289 g/mol. The maximum Gasteiger partial charge on any atom is 0.282 e. The first kappa shape index (κ1) is 13.7.